The van der Waals surface area contributed by atoms with E-state index in [1.165, 1.54) is 24.1 Å². The van der Waals surface area contributed by atoms with Gasteiger partial charge < -0.3 is 15.1 Å². The summed E-state index contributed by atoms with van der Waals surface area (Å²) in [4.78, 5) is 4.77. The van der Waals surface area contributed by atoms with Crippen molar-refractivity contribution in [1.29, 1.82) is 0 Å². The lowest BCUT2D eigenvalue weighted by molar-refractivity contribution is 0.249. The first-order valence-corrected chi connectivity index (χ1v) is 7.34. The van der Waals surface area contributed by atoms with Crippen LogP contribution in [0.3, 0.4) is 0 Å². The van der Waals surface area contributed by atoms with Crippen LogP contribution in [0.4, 0.5) is 5.69 Å². The molecule has 0 amide bonds. The van der Waals surface area contributed by atoms with Crippen LogP contribution in [-0.4, -0.2) is 45.2 Å². The van der Waals surface area contributed by atoms with E-state index < -0.39 is 0 Å². The number of nitrogens with zero attached hydrogens (tertiary/aromatic N) is 2. The molecule has 1 aromatic carbocycles. The maximum absolute atomic E-state index is 6.42. The van der Waals surface area contributed by atoms with E-state index in [9.17, 15) is 0 Å². The Hall–Kier alpha value is -0.770. The quantitative estimate of drug-likeness (QED) is 0.915. The summed E-state index contributed by atoms with van der Waals surface area (Å²) in [5.74, 6) is 0. The monoisotopic (exact) mass is 281 g/mol. The third-order valence-electron chi connectivity index (χ3n) is 3.95. The summed E-state index contributed by atoms with van der Waals surface area (Å²) in [6.07, 6.45) is 2.41. The summed E-state index contributed by atoms with van der Waals surface area (Å²) in [6.45, 7) is 3.04. The summed E-state index contributed by atoms with van der Waals surface area (Å²) < 4.78 is 0. The summed E-state index contributed by atoms with van der Waals surface area (Å²) in [5, 5.41) is 4.10. The van der Waals surface area contributed by atoms with E-state index in [0.717, 1.165) is 24.7 Å². The van der Waals surface area contributed by atoms with Crippen LogP contribution in [0.5, 0.6) is 0 Å². The summed E-state index contributed by atoms with van der Waals surface area (Å²) in [6, 6.07) is 6.89. The fourth-order valence-corrected chi connectivity index (χ4v) is 3.17. The summed E-state index contributed by atoms with van der Waals surface area (Å²) in [5.41, 5.74) is 2.51. The Morgan fingerprint density at radius 2 is 2.00 bits per heavy atom. The van der Waals surface area contributed by atoms with Gasteiger partial charge in [-0.2, -0.15) is 0 Å². The van der Waals surface area contributed by atoms with Crippen LogP contribution in [0.2, 0.25) is 5.02 Å². The van der Waals surface area contributed by atoms with Crippen LogP contribution in [0.25, 0.3) is 0 Å². The summed E-state index contributed by atoms with van der Waals surface area (Å²) >= 11 is 6.42. The van der Waals surface area contributed by atoms with Crippen LogP contribution in [0.15, 0.2) is 18.2 Å². The van der Waals surface area contributed by atoms with Crippen molar-refractivity contribution in [2.75, 3.05) is 39.1 Å². The van der Waals surface area contributed by atoms with Crippen molar-refractivity contribution in [3.8, 4) is 0 Å². The average Bonchev–Trinajstić information content (AvgIpc) is 2.39. The van der Waals surface area contributed by atoms with Gasteiger partial charge in [0.15, 0.2) is 0 Å². The minimum atomic E-state index is 0.700. The molecule has 1 aromatic rings. The van der Waals surface area contributed by atoms with Crippen molar-refractivity contribution in [2.24, 2.45) is 0 Å². The molecule has 4 heteroatoms. The van der Waals surface area contributed by atoms with E-state index in [4.69, 9.17) is 11.6 Å². The molecule has 0 atom stereocenters. The van der Waals surface area contributed by atoms with E-state index in [2.05, 4.69) is 35.3 Å². The lowest BCUT2D eigenvalue weighted by atomic mass is 10.0. The van der Waals surface area contributed by atoms with Gasteiger partial charge in [0.05, 0.1) is 10.7 Å². The molecule has 3 nitrogen and oxygen atoms in total. The number of rotatable bonds is 4. The standard InChI is InChI=1S/C15H24ClN3/c1-17-11-12-5-4-6-14(16)15(12)19-9-7-13(8-10-19)18(2)3/h4-6,13,17H,7-11H2,1-3H3. The molecule has 19 heavy (non-hydrogen) atoms. The number of benzene rings is 1. The maximum atomic E-state index is 6.42. The van der Waals surface area contributed by atoms with Gasteiger partial charge in [0.1, 0.15) is 0 Å². The molecule has 0 aliphatic carbocycles. The number of hydrogen-bond acceptors (Lipinski definition) is 3. The number of nitrogens with one attached hydrogen (secondary N) is 1. The Kier molecular flexibility index (Phi) is 5.08. The van der Waals surface area contributed by atoms with E-state index in [0.29, 0.717) is 6.04 Å². The Labute approximate surface area is 121 Å². The van der Waals surface area contributed by atoms with Gasteiger partial charge in [-0.15, -0.1) is 0 Å². The third kappa shape index (κ3) is 3.41. The van der Waals surface area contributed by atoms with Crippen molar-refractivity contribution < 1.29 is 0 Å². The van der Waals surface area contributed by atoms with Gasteiger partial charge in [0, 0.05) is 25.7 Å². The smallest absolute Gasteiger partial charge is 0.0642 e. The molecule has 1 N–H and O–H groups in total. The molecule has 1 saturated heterocycles. The van der Waals surface area contributed by atoms with Crippen molar-refractivity contribution in [2.45, 2.75) is 25.4 Å². The third-order valence-corrected chi connectivity index (χ3v) is 4.25. The predicted octanol–water partition coefficient (Wildman–Crippen LogP) is 2.59. The largest absolute Gasteiger partial charge is 0.370 e. The molecule has 1 aliphatic rings. The van der Waals surface area contributed by atoms with Crippen LogP contribution in [0, 0.1) is 0 Å². The molecule has 0 radical (unpaired) electrons. The zero-order valence-corrected chi connectivity index (χ0v) is 12.9. The number of halogens is 1. The minimum Gasteiger partial charge on any atom is -0.370 e. The highest BCUT2D eigenvalue weighted by atomic mass is 35.5. The van der Waals surface area contributed by atoms with E-state index in [1.807, 2.05) is 19.2 Å². The topological polar surface area (TPSA) is 18.5 Å². The number of anilines is 1. The second-order valence-electron chi connectivity index (χ2n) is 5.46. The zero-order valence-electron chi connectivity index (χ0n) is 12.1. The van der Waals surface area contributed by atoms with E-state index >= 15 is 0 Å². The Balaban J connectivity index is 2.14. The van der Waals surface area contributed by atoms with Crippen molar-refractivity contribution in [3.63, 3.8) is 0 Å². The highest BCUT2D eigenvalue weighted by Gasteiger charge is 2.23. The fourth-order valence-electron chi connectivity index (χ4n) is 2.85. The van der Waals surface area contributed by atoms with Crippen molar-refractivity contribution >= 4 is 17.3 Å². The minimum absolute atomic E-state index is 0.700. The van der Waals surface area contributed by atoms with Gasteiger partial charge in [-0.25, -0.2) is 0 Å². The molecule has 1 aliphatic heterocycles. The molecular formula is C15H24ClN3. The van der Waals surface area contributed by atoms with Crippen LogP contribution in [0.1, 0.15) is 18.4 Å². The first-order chi connectivity index (χ1) is 9.13. The molecule has 0 spiro atoms. The van der Waals surface area contributed by atoms with Gasteiger partial charge in [-0.05, 0) is 45.6 Å². The molecule has 1 fully saturated rings. The average molecular weight is 282 g/mol. The second kappa shape index (κ2) is 6.60. The molecule has 0 bridgehead atoms. The Morgan fingerprint density at radius 1 is 1.32 bits per heavy atom. The number of hydrogen-bond donors (Lipinski definition) is 1. The van der Waals surface area contributed by atoms with E-state index in [-0.39, 0.29) is 0 Å². The van der Waals surface area contributed by atoms with Crippen LogP contribution >= 0.6 is 11.6 Å². The molecule has 0 saturated carbocycles. The molecule has 0 aromatic heterocycles. The normalized spacial score (nSPS) is 17.2. The number of para-hydroxylation sites is 1. The van der Waals surface area contributed by atoms with Gasteiger partial charge >= 0.3 is 0 Å². The second-order valence-corrected chi connectivity index (χ2v) is 5.87. The summed E-state index contributed by atoms with van der Waals surface area (Å²) in [7, 11) is 6.31. The van der Waals surface area contributed by atoms with Crippen molar-refractivity contribution in [1.82, 2.24) is 10.2 Å². The van der Waals surface area contributed by atoms with Gasteiger partial charge in [0.25, 0.3) is 0 Å². The van der Waals surface area contributed by atoms with E-state index in [1.54, 1.807) is 0 Å². The highest BCUT2D eigenvalue weighted by molar-refractivity contribution is 6.33. The fraction of sp³-hybridized carbons (Fsp3) is 0.600. The Morgan fingerprint density at radius 3 is 2.58 bits per heavy atom. The molecule has 2 rings (SSSR count). The lowest BCUT2D eigenvalue weighted by Gasteiger charge is -2.37. The number of piperidine rings is 1. The van der Waals surface area contributed by atoms with Gasteiger partial charge in [0.2, 0.25) is 0 Å². The SMILES string of the molecule is CNCc1cccc(Cl)c1N1CCC(N(C)C)CC1. The maximum Gasteiger partial charge on any atom is 0.0642 e. The van der Waals surface area contributed by atoms with Crippen LogP contribution < -0.4 is 10.2 Å². The first kappa shape index (κ1) is 14.6. The lowest BCUT2D eigenvalue weighted by Crippen LogP contribution is -2.42. The van der Waals surface area contributed by atoms with Crippen LogP contribution in [-0.2, 0) is 6.54 Å². The predicted molar refractivity (Wildman–Crippen MR) is 83.1 cm³/mol. The molecule has 106 valence electrons. The van der Waals surface area contributed by atoms with Gasteiger partial charge in [-0.3, -0.25) is 0 Å². The first-order valence-electron chi connectivity index (χ1n) is 6.97. The zero-order chi connectivity index (χ0) is 13.8. The van der Waals surface area contributed by atoms with Gasteiger partial charge in [-0.1, -0.05) is 23.7 Å². The Bertz CT molecular complexity index is 412. The van der Waals surface area contributed by atoms with Crippen molar-refractivity contribution in [3.05, 3.63) is 28.8 Å². The molecule has 0 unspecified atom stereocenters. The highest BCUT2D eigenvalue weighted by Crippen LogP contribution is 2.32. The molecular weight excluding hydrogens is 258 g/mol. The molecule has 1 heterocycles.